The van der Waals surface area contributed by atoms with Gasteiger partial charge in [-0.25, -0.2) is 0 Å². The first-order chi connectivity index (χ1) is 17.0. The molecule has 0 aromatic heterocycles. The van der Waals surface area contributed by atoms with E-state index in [1.54, 1.807) is 11.9 Å². The molecule has 0 aliphatic rings. The predicted octanol–water partition coefficient (Wildman–Crippen LogP) is 5.92. The molecule has 0 saturated carbocycles. The molecule has 35 heavy (non-hydrogen) atoms. The maximum atomic E-state index is 13.7. The van der Waals surface area contributed by atoms with Gasteiger partial charge in [0.05, 0.1) is 0 Å². The van der Waals surface area contributed by atoms with Crippen LogP contribution in [0.15, 0.2) is 102 Å². The Morgan fingerprint density at radius 3 is 2.31 bits per heavy atom. The van der Waals surface area contributed by atoms with Crippen molar-refractivity contribution in [3.8, 4) is 0 Å². The fraction of sp³-hybridized carbons (Fsp3) is 0.200. The maximum Gasteiger partial charge on any atom is 0.242 e. The number of aryl methyl sites for hydroxylation is 1. The van der Waals surface area contributed by atoms with Gasteiger partial charge in [0.15, 0.2) is 0 Å². The standard InChI is InChI=1S/C30H29BrN2O2/c1-32-30(35)28(20-22-9-3-2-4-10-22)33(21-23-11-7-15-26(31)19-23)29(34)18-17-25-14-8-13-24-12-5-6-16-27(24)25/h2-16,19,28H,17-18,20-21H2,1H3,(H,32,35). The first-order valence-electron chi connectivity index (χ1n) is 11.8. The van der Waals surface area contributed by atoms with Crippen LogP contribution >= 0.6 is 15.9 Å². The van der Waals surface area contributed by atoms with Crippen molar-refractivity contribution in [3.05, 3.63) is 118 Å². The Balaban J connectivity index is 1.62. The van der Waals surface area contributed by atoms with Crippen LogP contribution in [0.1, 0.15) is 23.1 Å². The fourth-order valence-corrected chi connectivity index (χ4v) is 4.89. The Labute approximate surface area is 215 Å². The summed E-state index contributed by atoms with van der Waals surface area (Å²) in [5.74, 6) is -0.204. The van der Waals surface area contributed by atoms with E-state index >= 15 is 0 Å². The summed E-state index contributed by atoms with van der Waals surface area (Å²) in [5, 5.41) is 5.10. The van der Waals surface area contributed by atoms with Gasteiger partial charge in [-0.3, -0.25) is 9.59 Å². The number of fused-ring (bicyclic) bond motifs is 1. The molecule has 4 aromatic carbocycles. The third kappa shape index (κ3) is 6.37. The normalized spacial score (nSPS) is 11.7. The molecule has 4 aromatic rings. The van der Waals surface area contributed by atoms with Crippen molar-refractivity contribution < 1.29 is 9.59 Å². The van der Waals surface area contributed by atoms with Crippen molar-refractivity contribution in [3.63, 3.8) is 0 Å². The molecule has 1 N–H and O–H groups in total. The molecule has 0 heterocycles. The second-order valence-electron chi connectivity index (χ2n) is 8.61. The highest BCUT2D eigenvalue weighted by atomic mass is 79.9. The zero-order valence-electron chi connectivity index (χ0n) is 19.8. The van der Waals surface area contributed by atoms with E-state index in [1.165, 1.54) is 0 Å². The monoisotopic (exact) mass is 528 g/mol. The minimum Gasteiger partial charge on any atom is -0.357 e. The van der Waals surface area contributed by atoms with Gasteiger partial charge >= 0.3 is 0 Å². The molecule has 0 spiro atoms. The number of halogens is 1. The summed E-state index contributed by atoms with van der Waals surface area (Å²) in [6, 6.07) is 31.5. The Morgan fingerprint density at radius 1 is 0.857 bits per heavy atom. The summed E-state index contributed by atoms with van der Waals surface area (Å²) in [6.45, 7) is 0.360. The largest absolute Gasteiger partial charge is 0.357 e. The second kappa shape index (κ2) is 11.8. The number of carbonyl (C=O) groups excluding carboxylic acids is 2. The molecule has 5 heteroatoms. The van der Waals surface area contributed by atoms with Crippen molar-refractivity contribution in [2.75, 3.05) is 7.05 Å². The molecule has 1 atom stereocenters. The lowest BCUT2D eigenvalue weighted by Gasteiger charge is -2.31. The smallest absolute Gasteiger partial charge is 0.242 e. The van der Waals surface area contributed by atoms with Crippen LogP contribution < -0.4 is 5.32 Å². The Hall–Kier alpha value is -3.44. The minimum absolute atomic E-state index is 0.0394. The number of benzene rings is 4. The van der Waals surface area contributed by atoms with Crippen LogP contribution in [0.5, 0.6) is 0 Å². The van der Waals surface area contributed by atoms with Crippen LogP contribution in [0.3, 0.4) is 0 Å². The number of rotatable bonds is 9. The summed E-state index contributed by atoms with van der Waals surface area (Å²) in [4.78, 5) is 28.5. The van der Waals surface area contributed by atoms with E-state index < -0.39 is 6.04 Å². The number of hydrogen-bond donors (Lipinski definition) is 1. The highest BCUT2D eigenvalue weighted by Crippen LogP contribution is 2.22. The van der Waals surface area contributed by atoms with E-state index in [4.69, 9.17) is 0 Å². The zero-order chi connectivity index (χ0) is 24.6. The molecule has 1 unspecified atom stereocenters. The van der Waals surface area contributed by atoms with Gasteiger partial charge in [-0.15, -0.1) is 0 Å². The van der Waals surface area contributed by atoms with Gasteiger partial charge in [0.2, 0.25) is 11.8 Å². The zero-order valence-corrected chi connectivity index (χ0v) is 21.4. The van der Waals surface area contributed by atoms with Crippen LogP contribution in [-0.4, -0.2) is 29.8 Å². The molecule has 0 bridgehead atoms. The van der Waals surface area contributed by atoms with Crippen molar-refractivity contribution >= 4 is 38.5 Å². The highest BCUT2D eigenvalue weighted by molar-refractivity contribution is 9.10. The van der Waals surface area contributed by atoms with E-state index in [0.717, 1.165) is 31.9 Å². The summed E-state index contributed by atoms with van der Waals surface area (Å²) >= 11 is 3.52. The quantitative estimate of drug-likeness (QED) is 0.293. The third-order valence-corrected chi connectivity index (χ3v) is 6.74. The van der Waals surface area contributed by atoms with Gasteiger partial charge in [-0.2, -0.15) is 0 Å². The molecule has 178 valence electrons. The molecule has 4 nitrogen and oxygen atoms in total. The van der Waals surface area contributed by atoms with E-state index in [1.807, 2.05) is 72.8 Å². The molecule has 2 amide bonds. The Bertz CT molecular complexity index is 1300. The number of amides is 2. The van der Waals surface area contributed by atoms with Gasteiger partial charge in [0.25, 0.3) is 0 Å². The molecule has 0 aliphatic heterocycles. The SMILES string of the molecule is CNC(=O)C(Cc1ccccc1)N(Cc1cccc(Br)c1)C(=O)CCc1cccc2ccccc12. The number of nitrogens with one attached hydrogen (secondary N) is 1. The molecule has 0 aliphatic carbocycles. The fourth-order valence-electron chi connectivity index (χ4n) is 4.45. The van der Waals surface area contributed by atoms with Crippen LogP contribution in [0.4, 0.5) is 0 Å². The van der Waals surface area contributed by atoms with E-state index in [2.05, 4.69) is 45.5 Å². The van der Waals surface area contributed by atoms with Crippen molar-refractivity contribution in [2.45, 2.75) is 31.8 Å². The maximum absolute atomic E-state index is 13.7. The van der Waals surface area contributed by atoms with Gasteiger partial charge < -0.3 is 10.2 Å². The summed E-state index contributed by atoms with van der Waals surface area (Å²) in [7, 11) is 1.62. The molecule has 0 radical (unpaired) electrons. The van der Waals surface area contributed by atoms with E-state index in [0.29, 0.717) is 25.8 Å². The lowest BCUT2D eigenvalue weighted by atomic mass is 9.99. The third-order valence-electron chi connectivity index (χ3n) is 6.25. The number of hydrogen-bond acceptors (Lipinski definition) is 2. The van der Waals surface area contributed by atoms with Crippen molar-refractivity contribution in [2.24, 2.45) is 0 Å². The van der Waals surface area contributed by atoms with Crippen LogP contribution in [0.25, 0.3) is 10.8 Å². The average molecular weight is 529 g/mol. The molecule has 4 rings (SSSR count). The molecular formula is C30H29BrN2O2. The van der Waals surface area contributed by atoms with E-state index in [-0.39, 0.29) is 11.8 Å². The average Bonchev–Trinajstić information content (AvgIpc) is 2.89. The number of likely N-dealkylation sites (N-methyl/N-ethyl adjacent to an activating group) is 1. The minimum atomic E-state index is -0.610. The summed E-state index contributed by atoms with van der Waals surface area (Å²) in [6.07, 6.45) is 1.39. The molecular weight excluding hydrogens is 500 g/mol. The lowest BCUT2D eigenvalue weighted by Crippen LogP contribution is -2.49. The van der Waals surface area contributed by atoms with Crippen LogP contribution in [0.2, 0.25) is 0 Å². The van der Waals surface area contributed by atoms with Gasteiger partial charge in [-0.05, 0) is 46.0 Å². The highest BCUT2D eigenvalue weighted by Gasteiger charge is 2.29. The number of carbonyl (C=O) groups is 2. The van der Waals surface area contributed by atoms with Crippen molar-refractivity contribution in [1.29, 1.82) is 0 Å². The van der Waals surface area contributed by atoms with Gasteiger partial charge in [-0.1, -0.05) is 101 Å². The topological polar surface area (TPSA) is 49.4 Å². The van der Waals surface area contributed by atoms with Crippen molar-refractivity contribution in [1.82, 2.24) is 10.2 Å². The van der Waals surface area contributed by atoms with Crippen LogP contribution in [0, 0.1) is 0 Å². The Morgan fingerprint density at radius 2 is 1.54 bits per heavy atom. The lowest BCUT2D eigenvalue weighted by molar-refractivity contribution is -0.141. The first kappa shape index (κ1) is 24.7. The number of nitrogens with zero attached hydrogens (tertiary/aromatic N) is 1. The summed E-state index contributed by atoms with van der Waals surface area (Å²) < 4.78 is 0.942. The van der Waals surface area contributed by atoms with Crippen LogP contribution in [-0.2, 0) is 29.0 Å². The first-order valence-corrected chi connectivity index (χ1v) is 12.6. The molecule has 0 fully saturated rings. The van der Waals surface area contributed by atoms with E-state index in [9.17, 15) is 9.59 Å². The second-order valence-corrected chi connectivity index (χ2v) is 9.53. The van der Waals surface area contributed by atoms with Gasteiger partial charge in [0.1, 0.15) is 6.04 Å². The summed E-state index contributed by atoms with van der Waals surface area (Å²) in [5.41, 5.74) is 3.13. The Kier molecular flexibility index (Phi) is 8.32. The van der Waals surface area contributed by atoms with Gasteiger partial charge in [0, 0.05) is 30.9 Å². The predicted molar refractivity (Wildman–Crippen MR) is 145 cm³/mol. The molecule has 0 saturated heterocycles.